The molecule has 12 heavy (non-hydrogen) atoms. The summed E-state index contributed by atoms with van der Waals surface area (Å²) < 4.78 is 23.0. The molecule has 4 nitrogen and oxygen atoms in total. The van der Waals surface area contributed by atoms with E-state index in [0.717, 1.165) is 0 Å². The van der Waals surface area contributed by atoms with Crippen LogP contribution in [-0.2, 0) is 9.84 Å². The number of rotatable bonds is 0. The standard InChI is InChI=1S/C7H12N2O2S/c1-5-8-9-6(7(2,3)4)12(5,10)11/h1-4H3. The van der Waals surface area contributed by atoms with Gasteiger partial charge in [0, 0.05) is 5.41 Å². The molecule has 0 saturated carbocycles. The topological polar surface area (TPSA) is 58.9 Å². The van der Waals surface area contributed by atoms with Crippen LogP contribution >= 0.6 is 0 Å². The van der Waals surface area contributed by atoms with Gasteiger partial charge in [-0.05, 0) is 6.92 Å². The van der Waals surface area contributed by atoms with Crippen LogP contribution in [0.2, 0.25) is 0 Å². The Balaban J connectivity index is 3.21. The monoisotopic (exact) mass is 188 g/mol. The van der Waals surface area contributed by atoms with Gasteiger partial charge in [-0.15, -0.1) is 10.2 Å². The van der Waals surface area contributed by atoms with E-state index in [1.807, 2.05) is 0 Å². The molecule has 0 aromatic carbocycles. The maximum Gasteiger partial charge on any atom is 0.237 e. The first-order chi connectivity index (χ1) is 5.26. The summed E-state index contributed by atoms with van der Waals surface area (Å²) in [5.74, 6) is 0. The summed E-state index contributed by atoms with van der Waals surface area (Å²) in [6.45, 7) is 6.87. The highest BCUT2D eigenvalue weighted by atomic mass is 32.2. The van der Waals surface area contributed by atoms with Gasteiger partial charge in [-0.25, -0.2) is 8.42 Å². The van der Waals surface area contributed by atoms with Crippen molar-refractivity contribution >= 4 is 19.9 Å². The van der Waals surface area contributed by atoms with Crippen molar-refractivity contribution in [2.75, 3.05) is 0 Å². The van der Waals surface area contributed by atoms with E-state index >= 15 is 0 Å². The van der Waals surface area contributed by atoms with E-state index in [1.54, 1.807) is 20.8 Å². The van der Waals surface area contributed by atoms with Crippen LogP contribution in [0.4, 0.5) is 0 Å². The third kappa shape index (κ3) is 1.29. The van der Waals surface area contributed by atoms with Gasteiger partial charge in [-0.2, -0.15) is 0 Å². The van der Waals surface area contributed by atoms with Crippen LogP contribution in [0.1, 0.15) is 27.7 Å². The summed E-state index contributed by atoms with van der Waals surface area (Å²) >= 11 is 0. The second-order valence-electron chi connectivity index (χ2n) is 3.78. The second-order valence-corrected chi connectivity index (χ2v) is 5.76. The number of hydrogen-bond acceptors (Lipinski definition) is 4. The van der Waals surface area contributed by atoms with Gasteiger partial charge < -0.3 is 0 Å². The van der Waals surface area contributed by atoms with Crippen molar-refractivity contribution in [2.24, 2.45) is 15.6 Å². The van der Waals surface area contributed by atoms with Crippen LogP contribution in [0.25, 0.3) is 0 Å². The van der Waals surface area contributed by atoms with Gasteiger partial charge in [0.1, 0.15) is 0 Å². The van der Waals surface area contributed by atoms with Crippen molar-refractivity contribution in [3.63, 3.8) is 0 Å². The minimum Gasteiger partial charge on any atom is -0.216 e. The van der Waals surface area contributed by atoms with E-state index in [4.69, 9.17) is 0 Å². The Morgan fingerprint density at radius 1 is 1.17 bits per heavy atom. The predicted octanol–water partition coefficient (Wildman–Crippen LogP) is 1.19. The van der Waals surface area contributed by atoms with E-state index in [-0.39, 0.29) is 10.1 Å². The van der Waals surface area contributed by atoms with Gasteiger partial charge in [0.2, 0.25) is 9.84 Å². The Labute approximate surface area is 72.3 Å². The normalized spacial score (nSPS) is 22.0. The fourth-order valence-electron chi connectivity index (χ4n) is 0.916. The zero-order valence-electron chi connectivity index (χ0n) is 7.62. The lowest BCUT2D eigenvalue weighted by Crippen LogP contribution is -2.29. The Bertz CT molecular complexity index is 357. The lowest BCUT2D eigenvalue weighted by Gasteiger charge is -2.16. The van der Waals surface area contributed by atoms with Gasteiger partial charge in [0.05, 0.1) is 0 Å². The molecule has 0 aromatic heterocycles. The molecule has 68 valence electrons. The summed E-state index contributed by atoms with van der Waals surface area (Å²) in [5, 5.41) is 7.46. The third-order valence-electron chi connectivity index (χ3n) is 1.57. The SMILES string of the molecule is CC1=NN=C(C(C)(C)C)S1(=O)=O. The molecule has 0 fully saturated rings. The minimum absolute atomic E-state index is 0.0902. The molecule has 5 heteroatoms. The molecule has 0 spiro atoms. The zero-order chi connectivity index (χ0) is 9.57. The Morgan fingerprint density at radius 3 is 1.83 bits per heavy atom. The van der Waals surface area contributed by atoms with Crippen molar-refractivity contribution in [3.8, 4) is 0 Å². The van der Waals surface area contributed by atoms with Crippen molar-refractivity contribution in [1.29, 1.82) is 0 Å². The summed E-state index contributed by atoms with van der Waals surface area (Å²) in [7, 11) is -3.32. The van der Waals surface area contributed by atoms with Crippen LogP contribution in [-0.4, -0.2) is 18.5 Å². The van der Waals surface area contributed by atoms with Crippen LogP contribution in [0.5, 0.6) is 0 Å². The molecule has 0 aromatic rings. The molecule has 0 saturated heterocycles. The minimum atomic E-state index is -3.32. The summed E-state index contributed by atoms with van der Waals surface area (Å²) in [6.07, 6.45) is 0. The average Bonchev–Trinajstić information content (AvgIpc) is 2.06. The summed E-state index contributed by atoms with van der Waals surface area (Å²) in [4.78, 5) is 0. The van der Waals surface area contributed by atoms with Gasteiger partial charge in [0.25, 0.3) is 0 Å². The Hall–Kier alpha value is -0.710. The van der Waals surface area contributed by atoms with E-state index in [2.05, 4.69) is 10.2 Å². The Kier molecular flexibility index (Phi) is 1.87. The zero-order valence-corrected chi connectivity index (χ0v) is 8.44. The van der Waals surface area contributed by atoms with E-state index in [1.165, 1.54) is 6.92 Å². The molecule has 0 amide bonds. The Morgan fingerprint density at radius 2 is 1.67 bits per heavy atom. The molecule has 1 aliphatic heterocycles. The highest BCUT2D eigenvalue weighted by Crippen LogP contribution is 2.24. The first kappa shape index (κ1) is 9.38. The first-order valence-corrected chi connectivity index (χ1v) is 5.12. The summed E-state index contributed by atoms with van der Waals surface area (Å²) in [6, 6.07) is 0. The van der Waals surface area contributed by atoms with Gasteiger partial charge in [-0.3, -0.25) is 0 Å². The molecule has 0 unspecified atom stereocenters. The smallest absolute Gasteiger partial charge is 0.216 e. The fraction of sp³-hybridized carbons (Fsp3) is 0.714. The molecule has 0 atom stereocenters. The molecule has 0 bridgehead atoms. The molecule has 1 aliphatic rings. The maximum absolute atomic E-state index is 11.5. The van der Waals surface area contributed by atoms with Crippen molar-refractivity contribution in [2.45, 2.75) is 27.7 Å². The molecular formula is C7H12N2O2S. The van der Waals surface area contributed by atoms with Crippen LogP contribution in [0.3, 0.4) is 0 Å². The van der Waals surface area contributed by atoms with Crippen LogP contribution in [0, 0.1) is 5.41 Å². The quantitative estimate of drug-likeness (QED) is 0.573. The fourth-order valence-corrected chi connectivity index (χ4v) is 2.30. The maximum atomic E-state index is 11.5. The number of sulfone groups is 1. The molecule has 1 heterocycles. The molecule has 0 radical (unpaired) electrons. The highest BCUT2D eigenvalue weighted by Gasteiger charge is 2.37. The molecule has 0 aliphatic carbocycles. The first-order valence-electron chi connectivity index (χ1n) is 3.64. The lowest BCUT2D eigenvalue weighted by molar-refractivity contribution is 0.582. The number of hydrogen-bond donors (Lipinski definition) is 0. The van der Waals surface area contributed by atoms with Gasteiger partial charge in [-0.1, -0.05) is 20.8 Å². The van der Waals surface area contributed by atoms with Crippen molar-refractivity contribution < 1.29 is 8.42 Å². The van der Waals surface area contributed by atoms with Crippen molar-refractivity contribution in [1.82, 2.24) is 0 Å². The molecule has 1 rings (SSSR count). The average molecular weight is 188 g/mol. The van der Waals surface area contributed by atoms with E-state index < -0.39 is 15.3 Å². The lowest BCUT2D eigenvalue weighted by atomic mass is 9.99. The van der Waals surface area contributed by atoms with Gasteiger partial charge >= 0.3 is 0 Å². The van der Waals surface area contributed by atoms with Crippen LogP contribution in [0.15, 0.2) is 10.2 Å². The highest BCUT2D eigenvalue weighted by molar-refractivity contribution is 8.19. The molecule has 0 N–H and O–H groups in total. The van der Waals surface area contributed by atoms with E-state index in [0.29, 0.717) is 0 Å². The van der Waals surface area contributed by atoms with Crippen molar-refractivity contribution in [3.05, 3.63) is 0 Å². The third-order valence-corrected chi connectivity index (χ3v) is 3.63. The second kappa shape index (κ2) is 2.39. The van der Waals surface area contributed by atoms with Gasteiger partial charge in [0.15, 0.2) is 10.1 Å². The molecular weight excluding hydrogens is 176 g/mol. The van der Waals surface area contributed by atoms with E-state index in [9.17, 15) is 8.42 Å². The van der Waals surface area contributed by atoms with Crippen LogP contribution < -0.4 is 0 Å². The summed E-state index contributed by atoms with van der Waals surface area (Å²) in [5.41, 5.74) is -0.458. The largest absolute Gasteiger partial charge is 0.237 e. The number of nitrogens with zero attached hydrogens (tertiary/aromatic N) is 2. The predicted molar refractivity (Wildman–Crippen MR) is 48.9 cm³/mol.